The fraction of sp³-hybridized carbons (Fsp3) is 0.409. The largest absolute Gasteiger partial charge is 0.494 e. The van der Waals surface area contributed by atoms with Gasteiger partial charge in [0.05, 0.1) is 24.7 Å². The summed E-state index contributed by atoms with van der Waals surface area (Å²) in [5, 5.41) is 2.70. The molecule has 0 bridgehead atoms. The topological polar surface area (TPSA) is 94.2 Å². The number of anilines is 1. The number of sulfonamides is 1. The maximum atomic E-state index is 13.0. The molecule has 0 radical (unpaired) electrons. The van der Waals surface area contributed by atoms with Gasteiger partial charge < -0.3 is 19.5 Å². The van der Waals surface area contributed by atoms with Crippen LogP contribution in [0.2, 0.25) is 0 Å². The molecule has 1 aliphatic heterocycles. The highest BCUT2D eigenvalue weighted by molar-refractivity contribution is 7.89. The van der Waals surface area contributed by atoms with Crippen LogP contribution in [0.1, 0.15) is 18.9 Å². The molecule has 3 rings (SSSR count). The summed E-state index contributed by atoms with van der Waals surface area (Å²) in [6, 6.07) is 11.9. The summed E-state index contributed by atoms with van der Waals surface area (Å²) in [7, 11) is -3.66. The zero-order valence-corrected chi connectivity index (χ0v) is 18.6. The first kappa shape index (κ1) is 23.1. The summed E-state index contributed by atoms with van der Waals surface area (Å²) >= 11 is 0. The highest BCUT2D eigenvalue weighted by Crippen LogP contribution is 2.24. The molecular formula is C22H28N2O6S. The van der Waals surface area contributed by atoms with Crippen molar-refractivity contribution in [1.29, 1.82) is 0 Å². The molecule has 1 amide bonds. The minimum Gasteiger partial charge on any atom is -0.494 e. The molecule has 168 valence electrons. The van der Waals surface area contributed by atoms with Crippen LogP contribution in [0.3, 0.4) is 0 Å². The van der Waals surface area contributed by atoms with E-state index >= 15 is 0 Å². The molecule has 2 aromatic rings. The zero-order chi connectivity index (χ0) is 22.3. The average Bonchev–Trinajstić information content (AvgIpc) is 2.78. The van der Waals surface area contributed by atoms with Gasteiger partial charge in [-0.3, -0.25) is 4.79 Å². The maximum Gasteiger partial charge on any atom is 0.262 e. The van der Waals surface area contributed by atoms with Crippen molar-refractivity contribution in [2.45, 2.75) is 25.2 Å². The summed E-state index contributed by atoms with van der Waals surface area (Å²) < 4.78 is 43.6. The van der Waals surface area contributed by atoms with Gasteiger partial charge in [0.2, 0.25) is 10.0 Å². The number of nitrogens with zero attached hydrogens (tertiary/aromatic N) is 1. The Morgan fingerprint density at radius 2 is 1.71 bits per heavy atom. The molecule has 0 saturated carbocycles. The summed E-state index contributed by atoms with van der Waals surface area (Å²) in [4.78, 5) is 12.5. The third-order valence-electron chi connectivity index (χ3n) is 4.73. The van der Waals surface area contributed by atoms with E-state index in [1.165, 1.54) is 10.4 Å². The van der Waals surface area contributed by atoms with Crippen molar-refractivity contribution in [2.24, 2.45) is 0 Å². The zero-order valence-electron chi connectivity index (χ0n) is 17.8. The van der Waals surface area contributed by atoms with Crippen molar-refractivity contribution in [1.82, 2.24) is 4.31 Å². The number of nitrogens with one attached hydrogen (secondary N) is 1. The molecule has 0 aliphatic carbocycles. The van der Waals surface area contributed by atoms with E-state index in [4.69, 9.17) is 14.2 Å². The molecule has 0 unspecified atom stereocenters. The van der Waals surface area contributed by atoms with E-state index in [-0.39, 0.29) is 17.4 Å². The smallest absolute Gasteiger partial charge is 0.262 e. The monoisotopic (exact) mass is 448 g/mol. The highest BCUT2D eigenvalue weighted by Gasteiger charge is 2.28. The summed E-state index contributed by atoms with van der Waals surface area (Å²) in [6.07, 6.45) is 0.924. The van der Waals surface area contributed by atoms with Crippen LogP contribution in [0.5, 0.6) is 11.5 Å². The Balaban J connectivity index is 1.60. The van der Waals surface area contributed by atoms with Gasteiger partial charge in [-0.25, -0.2) is 8.42 Å². The van der Waals surface area contributed by atoms with Gasteiger partial charge in [-0.15, -0.1) is 0 Å². The fourth-order valence-corrected chi connectivity index (χ4v) is 4.74. The first-order chi connectivity index (χ1) is 14.9. The molecule has 2 aromatic carbocycles. The lowest BCUT2D eigenvalue weighted by atomic mass is 10.2. The molecule has 0 aromatic heterocycles. The minimum absolute atomic E-state index is 0.177. The van der Waals surface area contributed by atoms with Gasteiger partial charge in [0.15, 0.2) is 6.61 Å². The second-order valence-corrected chi connectivity index (χ2v) is 9.06. The van der Waals surface area contributed by atoms with E-state index in [9.17, 15) is 13.2 Å². The fourth-order valence-electron chi connectivity index (χ4n) is 3.08. The number of carbonyl (C=O) groups is 1. The molecule has 0 spiro atoms. The molecule has 1 saturated heterocycles. The highest BCUT2D eigenvalue weighted by atomic mass is 32.2. The van der Waals surface area contributed by atoms with Gasteiger partial charge in [-0.1, -0.05) is 13.0 Å². The Kier molecular flexibility index (Phi) is 7.89. The first-order valence-electron chi connectivity index (χ1n) is 10.2. The Bertz CT molecular complexity index is 986. The van der Waals surface area contributed by atoms with Crippen molar-refractivity contribution in [3.05, 3.63) is 48.0 Å². The Labute approximate surface area is 183 Å². The molecule has 1 aliphatic rings. The number of hydrogen-bond acceptors (Lipinski definition) is 6. The van der Waals surface area contributed by atoms with Crippen molar-refractivity contribution in [3.63, 3.8) is 0 Å². The van der Waals surface area contributed by atoms with Crippen molar-refractivity contribution in [2.75, 3.05) is 44.8 Å². The van der Waals surface area contributed by atoms with Crippen LogP contribution in [0.25, 0.3) is 0 Å². The second-order valence-electron chi connectivity index (χ2n) is 7.15. The Hall–Kier alpha value is -2.62. The van der Waals surface area contributed by atoms with E-state index < -0.39 is 10.0 Å². The number of aryl methyl sites for hydroxylation is 1. The third-order valence-corrected chi connectivity index (χ3v) is 6.77. The Morgan fingerprint density at radius 1 is 1.06 bits per heavy atom. The predicted octanol–water partition coefficient (Wildman–Crippen LogP) is 2.82. The Morgan fingerprint density at radius 3 is 2.35 bits per heavy atom. The molecule has 8 nitrogen and oxygen atoms in total. The summed E-state index contributed by atoms with van der Waals surface area (Å²) in [5.74, 6) is 0.899. The van der Waals surface area contributed by atoms with Gasteiger partial charge >= 0.3 is 0 Å². The van der Waals surface area contributed by atoms with Crippen LogP contribution in [0.4, 0.5) is 5.69 Å². The van der Waals surface area contributed by atoms with Crippen LogP contribution < -0.4 is 14.8 Å². The van der Waals surface area contributed by atoms with E-state index in [1.807, 2.05) is 6.92 Å². The minimum atomic E-state index is -3.66. The predicted molar refractivity (Wildman–Crippen MR) is 117 cm³/mol. The van der Waals surface area contributed by atoms with Crippen LogP contribution in [-0.2, 0) is 19.6 Å². The third kappa shape index (κ3) is 6.19. The molecule has 9 heteroatoms. The quantitative estimate of drug-likeness (QED) is 0.634. The molecule has 0 atom stereocenters. The van der Waals surface area contributed by atoms with Gasteiger partial charge in [0.1, 0.15) is 11.5 Å². The lowest BCUT2D eigenvalue weighted by Crippen LogP contribution is -2.40. The van der Waals surface area contributed by atoms with Gasteiger partial charge in [0.25, 0.3) is 5.91 Å². The lowest BCUT2D eigenvalue weighted by molar-refractivity contribution is -0.118. The number of morpholine rings is 1. The number of ether oxygens (including phenoxy) is 3. The number of amides is 1. The second kappa shape index (κ2) is 10.6. The van der Waals surface area contributed by atoms with Gasteiger partial charge in [0, 0.05) is 18.8 Å². The molecule has 1 heterocycles. The van der Waals surface area contributed by atoms with Crippen LogP contribution >= 0.6 is 0 Å². The van der Waals surface area contributed by atoms with Gasteiger partial charge in [-0.05, 0) is 55.3 Å². The number of carbonyl (C=O) groups excluding carboxylic acids is 1. The van der Waals surface area contributed by atoms with Crippen molar-refractivity contribution >= 4 is 21.6 Å². The number of rotatable bonds is 9. The van der Waals surface area contributed by atoms with E-state index in [0.29, 0.717) is 49.9 Å². The SMILES string of the molecule is CCCOc1ccc(OCC(=O)Nc2ccc(C)c(S(=O)(=O)N3CCOCC3)c2)cc1. The first-order valence-corrected chi connectivity index (χ1v) is 11.7. The van der Waals surface area contributed by atoms with E-state index in [2.05, 4.69) is 5.32 Å². The molecule has 31 heavy (non-hydrogen) atoms. The standard InChI is InChI=1S/C22H28N2O6S/c1-3-12-29-19-6-8-20(9-7-19)30-16-22(25)23-18-5-4-17(2)21(15-18)31(26,27)24-10-13-28-14-11-24/h4-9,15H,3,10-14,16H2,1-2H3,(H,23,25). The van der Waals surface area contributed by atoms with E-state index in [0.717, 1.165) is 12.2 Å². The summed E-state index contributed by atoms with van der Waals surface area (Å²) in [5.41, 5.74) is 1.01. The molecule has 1 N–H and O–H groups in total. The number of hydrogen-bond donors (Lipinski definition) is 1. The lowest BCUT2D eigenvalue weighted by Gasteiger charge is -2.26. The number of benzene rings is 2. The van der Waals surface area contributed by atoms with E-state index in [1.54, 1.807) is 43.3 Å². The van der Waals surface area contributed by atoms with Crippen molar-refractivity contribution < 1.29 is 27.4 Å². The summed E-state index contributed by atoms with van der Waals surface area (Å²) in [6.45, 7) is 5.58. The normalized spacial score (nSPS) is 14.8. The van der Waals surface area contributed by atoms with Crippen LogP contribution in [0.15, 0.2) is 47.4 Å². The molecular weight excluding hydrogens is 420 g/mol. The van der Waals surface area contributed by atoms with Crippen molar-refractivity contribution in [3.8, 4) is 11.5 Å². The van der Waals surface area contributed by atoms with Crippen LogP contribution in [0, 0.1) is 6.92 Å². The maximum absolute atomic E-state index is 13.0. The van der Waals surface area contributed by atoms with Crippen LogP contribution in [-0.4, -0.2) is 58.1 Å². The average molecular weight is 449 g/mol. The molecule has 1 fully saturated rings. The van der Waals surface area contributed by atoms with Gasteiger partial charge in [-0.2, -0.15) is 4.31 Å².